The number of hydrogen-bond acceptors (Lipinski definition) is 3. The van der Waals surface area contributed by atoms with Crippen LogP contribution in [-0.2, 0) is 6.61 Å². The Morgan fingerprint density at radius 1 is 1.17 bits per heavy atom. The number of benzene rings is 2. The lowest BCUT2D eigenvalue weighted by molar-refractivity contribution is 0.308. The van der Waals surface area contributed by atoms with Crippen LogP contribution < -0.4 is 10.5 Å². The first kappa shape index (κ1) is 12.0. The molecule has 2 aromatic carbocycles. The highest BCUT2D eigenvalue weighted by atomic mass is 16.5. The SMILES string of the molecule is Cc1ccc(N)c(OCc2ccc(C#N)cc2)c1. The van der Waals surface area contributed by atoms with Crippen LogP contribution in [0.5, 0.6) is 5.75 Å². The molecule has 2 rings (SSSR count). The Morgan fingerprint density at radius 3 is 2.56 bits per heavy atom. The Morgan fingerprint density at radius 2 is 1.89 bits per heavy atom. The average molecular weight is 238 g/mol. The zero-order chi connectivity index (χ0) is 13.0. The first-order valence-corrected chi connectivity index (χ1v) is 5.67. The maximum absolute atomic E-state index is 8.71. The van der Waals surface area contributed by atoms with Gasteiger partial charge in [0.1, 0.15) is 12.4 Å². The fourth-order valence-corrected chi connectivity index (χ4v) is 1.60. The van der Waals surface area contributed by atoms with E-state index in [1.165, 1.54) is 0 Å². The van der Waals surface area contributed by atoms with Crippen LogP contribution in [0, 0.1) is 18.3 Å². The molecule has 0 bridgehead atoms. The van der Waals surface area contributed by atoms with Gasteiger partial charge in [0.2, 0.25) is 0 Å². The Kier molecular flexibility index (Phi) is 3.49. The van der Waals surface area contributed by atoms with E-state index in [0.29, 0.717) is 23.6 Å². The van der Waals surface area contributed by atoms with Gasteiger partial charge in [0.25, 0.3) is 0 Å². The van der Waals surface area contributed by atoms with E-state index in [1.54, 1.807) is 12.1 Å². The number of nitrogens with two attached hydrogens (primary N) is 1. The molecule has 0 heterocycles. The number of nitrogens with zero attached hydrogens (tertiary/aromatic N) is 1. The highest BCUT2D eigenvalue weighted by Gasteiger charge is 2.01. The molecule has 0 unspecified atom stereocenters. The topological polar surface area (TPSA) is 59.0 Å². The molecule has 18 heavy (non-hydrogen) atoms. The van der Waals surface area contributed by atoms with Crippen LogP contribution in [0.25, 0.3) is 0 Å². The Balaban J connectivity index is 2.07. The fourth-order valence-electron chi connectivity index (χ4n) is 1.60. The van der Waals surface area contributed by atoms with Crippen molar-refractivity contribution in [3.63, 3.8) is 0 Å². The minimum absolute atomic E-state index is 0.444. The number of nitrogen functional groups attached to an aromatic ring is 1. The van der Waals surface area contributed by atoms with Gasteiger partial charge in [0.15, 0.2) is 0 Å². The van der Waals surface area contributed by atoms with E-state index in [9.17, 15) is 0 Å². The largest absolute Gasteiger partial charge is 0.487 e. The summed E-state index contributed by atoms with van der Waals surface area (Å²) in [4.78, 5) is 0. The number of ether oxygens (including phenoxy) is 1. The second-order valence-electron chi connectivity index (χ2n) is 4.14. The van der Waals surface area contributed by atoms with Gasteiger partial charge in [-0.15, -0.1) is 0 Å². The van der Waals surface area contributed by atoms with E-state index in [4.69, 9.17) is 15.7 Å². The van der Waals surface area contributed by atoms with Crippen molar-refractivity contribution in [2.45, 2.75) is 13.5 Å². The molecule has 0 saturated carbocycles. The summed E-state index contributed by atoms with van der Waals surface area (Å²) >= 11 is 0. The van der Waals surface area contributed by atoms with Crippen LogP contribution >= 0.6 is 0 Å². The minimum Gasteiger partial charge on any atom is -0.487 e. The molecule has 0 aliphatic carbocycles. The van der Waals surface area contributed by atoms with Crippen molar-refractivity contribution < 1.29 is 4.74 Å². The number of aryl methyl sites for hydroxylation is 1. The normalized spacial score (nSPS) is 9.78. The Bertz CT molecular complexity index is 582. The van der Waals surface area contributed by atoms with E-state index in [0.717, 1.165) is 11.1 Å². The molecular formula is C15H14N2O. The lowest BCUT2D eigenvalue weighted by atomic mass is 10.1. The van der Waals surface area contributed by atoms with E-state index < -0.39 is 0 Å². The molecule has 2 aromatic rings. The molecule has 3 heteroatoms. The van der Waals surface area contributed by atoms with Crippen molar-refractivity contribution in [1.82, 2.24) is 0 Å². The Hall–Kier alpha value is -2.47. The summed E-state index contributed by atoms with van der Waals surface area (Å²) in [6.45, 7) is 2.44. The Labute approximate surface area is 106 Å². The number of hydrogen-bond donors (Lipinski definition) is 1. The maximum atomic E-state index is 8.71. The lowest BCUT2D eigenvalue weighted by Crippen LogP contribution is -1.99. The predicted molar refractivity (Wildman–Crippen MR) is 71.1 cm³/mol. The van der Waals surface area contributed by atoms with Crippen LogP contribution in [0.15, 0.2) is 42.5 Å². The van der Waals surface area contributed by atoms with Crippen molar-refractivity contribution in [1.29, 1.82) is 5.26 Å². The molecule has 0 amide bonds. The summed E-state index contributed by atoms with van der Waals surface area (Å²) in [6.07, 6.45) is 0. The molecular weight excluding hydrogens is 224 g/mol. The van der Waals surface area contributed by atoms with Crippen LogP contribution in [0.4, 0.5) is 5.69 Å². The molecule has 0 spiro atoms. The summed E-state index contributed by atoms with van der Waals surface area (Å²) in [5, 5.41) is 8.71. The predicted octanol–water partition coefficient (Wildman–Crippen LogP) is 3.03. The molecule has 90 valence electrons. The van der Waals surface area contributed by atoms with Crippen molar-refractivity contribution in [3.05, 3.63) is 59.2 Å². The smallest absolute Gasteiger partial charge is 0.142 e. The van der Waals surface area contributed by atoms with Crippen LogP contribution in [0.3, 0.4) is 0 Å². The minimum atomic E-state index is 0.444. The standard InChI is InChI=1S/C15H14N2O/c1-11-2-7-14(17)15(8-11)18-10-13-5-3-12(9-16)4-6-13/h2-8H,10,17H2,1H3. The van der Waals surface area contributed by atoms with Crippen molar-refractivity contribution in [2.24, 2.45) is 0 Å². The number of anilines is 1. The summed E-state index contributed by atoms with van der Waals surface area (Å²) in [7, 11) is 0. The third kappa shape index (κ3) is 2.80. The molecule has 0 aromatic heterocycles. The van der Waals surface area contributed by atoms with Crippen molar-refractivity contribution in [2.75, 3.05) is 5.73 Å². The number of nitriles is 1. The fraction of sp³-hybridized carbons (Fsp3) is 0.133. The summed E-state index contributed by atoms with van der Waals surface area (Å²) in [5.41, 5.74) is 9.23. The van der Waals surface area contributed by atoms with Gasteiger partial charge in [0, 0.05) is 0 Å². The quantitative estimate of drug-likeness (QED) is 0.836. The van der Waals surface area contributed by atoms with Gasteiger partial charge in [-0.1, -0.05) is 18.2 Å². The highest BCUT2D eigenvalue weighted by Crippen LogP contribution is 2.23. The van der Waals surface area contributed by atoms with Crippen LogP contribution in [0.2, 0.25) is 0 Å². The summed E-state index contributed by atoms with van der Waals surface area (Å²) in [6, 6.07) is 15.1. The van der Waals surface area contributed by atoms with Crippen molar-refractivity contribution >= 4 is 5.69 Å². The maximum Gasteiger partial charge on any atom is 0.142 e. The molecule has 0 saturated heterocycles. The first-order chi connectivity index (χ1) is 8.69. The molecule has 3 nitrogen and oxygen atoms in total. The second-order valence-corrected chi connectivity index (χ2v) is 4.14. The van der Waals surface area contributed by atoms with Crippen LogP contribution in [0.1, 0.15) is 16.7 Å². The lowest BCUT2D eigenvalue weighted by Gasteiger charge is -2.09. The summed E-state index contributed by atoms with van der Waals surface area (Å²) < 4.78 is 5.67. The third-order valence-corrected chi connectivity index (χ3v) is 2.65. The zero-order valence-corrected chi connectivity index (χ0v) is 10.2. The van der Waals surface area contributed by atoms with Gasteiger partial charge in [-0.2, -0.15) is 5.26 Å². The zero-order valence-electron chi connectivity index (χ0n) is 10.2. The average Bonchev–Trinajstić information content (AvgIpc) is 2.40. The highest BCUT2D eigenvalue weighted by molar-refractivity contribution is 5.53. The van der Waals surface area contributed by atoms with E-state index in [2.05, 4.69) is 6.07 Å². The molecule has 0 aliphatic heterocycles. The van der Waals surface area contributed by atoms with Gasteiger partial charge in [-0.3, -0.25) is 0 Å². The van der Waals surface area contributed by atoms with Gasteiger partial charge in [-0.25, -0.2) is 0 Å². The molecule has 0 aliphatic rings. The van der Waals surface area contributed by atoms with Gasteiger partial charge in [0.05, 0.1) is 17.3 Å². The van der Waals surface area contributed by atoms with Gasteiger partial charge < -0.3 is 10.5 Å². The molecule has 0 radical (unpaired) electrons. The number of rotatable bonds is 3. The van der Waals surface area contributed by atoms with Gasteiger partial charge >= 0.3 is 0 Å². The molecule has 2 N–H and O–H groups in total. The van der Waals surface area contributed by atoms with Crippen LogP contribution in [-0.4, -0.2) is 0 Å². The second kappa shape index (κ2) is 5.24. The van der Waals surface area contributed by atoms with Gasteiger partial charge in [-0.05, 0) is 42.3 Å². The molecule has 0 fully saturated rings. The monoisotopic (exact) mass is 238 g/mol. The summed E-state index contributed by atoms with van der Waals surface area (Å²) in [5.74, 6) is 0.694. The van der Waals surface area contributed by atoms with E-state index in [1.807, 2.05) is 37.3 Å². The van der Waals surface area contributed by atoms with E-state index >= 15 is 0 Å². The third-order valence-electron chi connectivity index (χ3n) is 2.65. The van der Waals surface area contributed by atoms with E-state index in [-0.39, 0.29) is 0 Å². The van der Waals surface area contributed by atoms with Crippen molar-refractivity contribution in [3.8, 4) is 11.8 Å². The first-order valence-electron chi connectivity index (χ1n) is 5.67. The molecule has 0 atom stereocenters.